The lowest BCUT2D eigenvalue weighted by atomic mass is 10.1. The predicted molar refractivity (Wildman–Crippen MR) is 61.7 cm³/mol. The molecule has 1 aliphatic heterocycles. The summed E-state index contributed by atoms with van der Waals surface area (Å²) in [5.41, 5.74) is 2.63. The Morgan fingerprint density at radius 1 is 1.38 bits per heavy atom. The molecule has 0 amide bonds. The van der Waals surface area contributed by atoms with Crippen molar-refractivity contribution in [3.8, 4) is 11.8 Å². The van der Waals surface area contributed by atoms with E-state index < -0.39 is 0 Å². The lowest BCUT2D eigenvalue weighted by Crippen LogP contribution is -2.07. The first-order valence-corrected chi connectivity index (χ1v) is 5.43. The third-order valence-electron chi connectivity index (χ3n) is 2.75. The Bertz CT molecular complexity index is 555. The number of hydrogen-bond donors (Lipinski definition) is 2. The Kier molecular flexibility index (Phi) is 2.31. The zero-order chi connectivity index (χ0) is 10.8. The summed E-state index contributed by atoms with van der Waals surface area (Å²) in [6.45, 7) is 2.09. The molecule has 16 heavy (non-hydrogen) atoms. The molecule has 0 spiro atoms. The second kappa shape index (κ2) is 3.95. The van der Waals surface area contributed by atoms with Gasteiger partial charge in [-0.05, 0) is 19.0 Å². The molecule has 0 radical (unpaired) electrons. The van der Waals surface area contributed by atoms with Crippen molar-refractivity contribution in [1.29, 1.82) is 0 Å². The molecular weight excluding hydrogens is 200 g/mol. The molecule has 0 aliphatic carbocycles. The fourth-order valence-corrected chi connectivity index (χ4v) is 1.86. The highest BCUT2D eigenvalue weighted by Crippen LogP contribution is 2.09. The highest BCUT2D eigenvalue weighted by molar-refractivity contribution is 5.71. The summed E-state index contributed by atoms with van der Waals surface area (Å²) in [7, 11) is 0. The quantitative estimate of drug-likeness (QED) is 0.638. The third kappa shape index (κ3) is 1.77. The average molecular weight is 212 g/mol. The number of pyridine rings is 1. The number of imidazole rings is 1. The monoisotopic (exact) mass is 212 g/mol. The summed E-state index contributed by atoms with van der Waals surface area (Å²) in [5, 5.41) is 3.30. The van der Waals surface area contributed by atoms with Crippen LogP contribution < -0.4 is 5.32 Å². The molecule has 0 aromatic carbocycles. The minimum atomic E-state index is 0.484. The molecule has 3 rings (SSSR count). The van der Waals surface area contributed by atoms with Gasteiger partial charge in [-0.25, -0.2) is 9.97 Å². The van der Waals surface area contributed by atoms with E-state index in [0.29, 0.717) is 5.92 Å². The number of aromatic amines is 1. The van der Waals surface area contributed by atoms with Crippen LogP contribution in [0.15, 0.2) is 18.6 Å². The van der Waals surface area contributed by atoms with E-state index in [-0.39, 0.29) is 0 Å². The maximum absolute atomic E-state index is 4.23. The molecule has 2 aromatic rings. The maximum Gasteiger partial charge on any atom is 0.177 e. The van der Waals surface area contributed by atoms with E-state index in [9.17, 15) is 0 Å². The Balaban J connectivity index is 1.87. The smallest absolute Gasteiger partial charge is 0.177 e. The molecule has 4 heteroatoms. The second-order valence-electron chi connectivity index (χ2n) is 3.96. The largest absolute Gasteiger partial charge is 0.343 e. The van der Waals surface area contributed by atoms with Gasteiger partial charge in [-0.2, -0.15) is 0 Å². The summed E-state index contributed by atoms with van der Waals surface area (Å²) in [6, 6.07) is 1.99. The lowest BCUT2D eigenvalue weighted by Gasteiger charge is -1.95. The highest BCUT2D eigenvalue weighted by atomic mass is 14.9. The molecule has 3 heterocycles. The summed E-state index contributed by atoms with van der Waals surface area (Å²) in [6.07, 6.45) is 4.57. The van der Waals surface area contributed by atoms with Crippen molar-refractivity contribution in [3.63, 3.8) is 0 Å². The van der Waals surface area contributed by atoms with Crippen LogP contribution in [0.1, 0.15) is 12.0 Å². The van der Waals surface area contributed by atoms with Gasteiger partial charge in [-0.15, -0.1) is 0 Å². The standard InChI is InChI=1S/C12H12N4/c1(9-3-4-13-6-9)2-10-5-11-12(14-7-10)16-8-15-11/h5,7-9,13H,3-4,6H2,(H,14,15,16). The van der Waals surface area contributed by atoms with Crippen LogP contribution in [-0.4, -0.2) is 28.0 Å². The zero-order valence-corrected chi connectivity index (χ0v) is 8.83. The average Bonchev–Trinajstić information content (AvgIpc) is 2.97. The molecule has 80 valence electrons. The maximum atomic E-state index is 4.23. The number of H-pyrrole nitrogens is 1. The molecule has 1 unspecified atom stereocenters. The van der Waals surface area contributed by atoms with Crippen molar-refractivity contribution in [2.45, 2.75) is 6.42 Å². The second-order valence-corrected chi connectivity index (χ2v) is 3.96. The van der Waals surface area contributed by atoms with Crippen LogP contribution in [0, 0.1) is 17.8 Å². The number of hydrogen-bond acceptors (Lipinski definition) is 3. The molecule has 1 saturated heterocycles. The highest BCUT2D eigenvalue weighted by Gasteiger charge is 2.10. The van der Waals surface area contributed by atoms with Crippen LogP contribution in [-0.2, 0) is 0 Å². The van der Waals surface area contributed by atoms with E-state index in [1.165, 1.54) is 0 Å². The Morgan fingerprint density at radius 3 is 3.25 bits per heavy atom. The van der Waals surface area contributed by atoms with Crippen molar-refractivity contribution in [3.05, 3.63) is 24.2 Å². The first-order valence-electron chi connectivity index (χ1n) is 5.43. The number of nitrogens with one attached hydrogen (secondary N) is 2. The number of rotatable bonds is 0. The van der Waals surface area contributed by atoms with E-state index in [1.54, 1.807) is 12.5 Å². The number of nitrogens with zero attached hydrogens (tertiary/aromatic N) is 2. The van der Waals surface area contributed by atoms with Crippen molar-refractivity contribution in [2.24, 2.45) is 5.92 Å². The van der Waals surface area contributed by atoms with Crippen LogP contribution in [0.4, 0.5) is 0 Å². The van der Waals surface area contributed by atoms with E-state index in [2.05, 4.69) is 32.1 Å². The van der Waals surface area contributed by atoms with Gasteiger partial charge in [0.2, 0.25) is 0 Å². The molecule has 2 N–H and O–H groups in total. The molecule has 0 saturated carbocycles. The normalized spacial score (nSPS) is 19.6. The summed E-state index contributed by atoms with van der Waals surface area (Å²) < 4.78 is 0. The van der Waals surface area contributed by atoms with Crippen LogP contribution >= 0.6 is 0 Å². The third-order valence-corrected chi connectivity index (χ3v) is 2.75. The van der Waals surface area contributed by atoms with Crippen molar-refractivity contribution < 1.29 is 0 Å². The number of aromatic nitrogens is 3. The molecule has 1 fully saturated rings. The van der Waals surface area contributed by atoms with Crippen molar-refractivity contribution in [2.75, 3.05) is 13.1 Å². The van der Waals surface area contributed by atoms with E-state index >= 15 is 0 Å². The Morgan fingerprint density at radius 2 is 2.38 bits per heavy atom. The van der Waals surface area contributed by atoms with Crippen LogP contribution in [0.25, 0.3) is 11.2 Å². The molecule has 4 nitrogen and oxygen atoms in total. The van der Waals surface area contributed by atoms with Crippen molar-refractivity contribution in [1.82, 2.24) is 20.3 Å². The Labute approximate surface area is 93.5 Å². The van der Waals surface area contributed by atoms with Gasteiger partial charge in [-0.3, -0.25) is 0 Å². The minimum absolute atomic E-state index is 0.484. The van der Waals surface area contributed by atoms with Gasteiger partial charge < -0.3 is 10.3 Å². The molecule has 1 aliphatic rings. The van der Waals surface area contributed by atoms with Gasteiger partial charge in [0.15, 0.2) is 5.65 Å². The van der Waals surface area contributed by atoms with E-state index in [1.807, 2.05) is 6.07 Å². The van der Waals surface area contributed by atoms with E-state index in [4.69, 9.17) is 0 Å². The SMILES string of the molecule is C(#CC1CCNC1)c1cnc2nc[nH]c2c1. The van der Waals surface area contributed by atoms with Gasteiger partial charge in [0.05, 0.1) is 11.8 Å². The summed E-state index contributed by atoms with van der Waals surface area (Å²) in [5.74, 6) is 6.92. The van der Waals surface area contributed by atoms with E-state index in [0.717, 1.165) is 36.2 Å². The topological polar surface area (TPSA) is 53.6 Å². The number of fused-ring (bicyclic) bond motifs is 1. The molecule has 0 bridgehead atoms. The summed E-state index contributed by atoms with van der Waals surface area (Å²) >= 11 is 0. The van der Waals surface area contributed by atoms with Gasteiger partial charge in [0.1, 0.15) is 0 Å². The van der Waals surface area contributed by atoms with Crippen LogP contribution in [0.2, 0.25) is 0 Å². The molecule has 1 atom stereocenters. The van der Waals surface area contributed by atoms with Gasteiger partial charge >= 0.3 is 0 Å². The minimum Gasteiger partial charge on any atom is -0.343 e. The first kappa shape index (κ1) is 9.37. The zero-order valence-electron chi connectivity index (χ0n) is 8.83. The van der Waals surface area contributed by atoms with Gasteiger partial charge in [0.25, 0.3) is 0 Å². The van der Waals surface area contributed by atoms with Gasteiger partial charge in [-0.1, -0.05) is 11.8 Å². The predicted octanol–water partition coefficient (Wildman–Crippen LogP) is 0.919. The van der Waals surface area contributed by atoms with Crippen molar-refractivity contribution >= 4 is 11.2 Å². The van der Waals surface area contributed by atoms with Crippen LogP contribution in [0.5, 0.6) is 0 Å². The molecular formula is C12H12N4. The lowest BCUT2D eigenvalue weighted by molar-refractivity contribution is 0.755. The van der Waals surface area contributed by atoms with Crippen LogP contribution in [0.3, 0.4) is 0 Å². The fourth-order valence-electron chi connectivity index (χ4n) is 1.86. The summed E-state index contributed by atoms with van der Waals surface area (Å²) in [4.78, 5) is 11.3. The van der Waals surface area contributed by atoms with Gasteiger partial charge in [0, 0.05) is 24.2 Å². The first-order chi connectivity index (χ1) is 7.92. The fraction of sp³-hybridized carbons (Fsp3) is 0.333. The Hall–Kier alpha value is -1.86. The molecule has 2 aromatic heterocycles.